The summed E-state index contributed by atoms with van der Waals surface area (Å²) in [5.41, 5.74) is 1.74. The van der Waals surface area contributed by atoms with Crippen molar-refractivity contribution >= 4 is 23.2 Å². The van der Waals surface area contributed by atoms with Gasteiger partial charge in [-0.05, 0) is 17.0 Å². The number of amides is 2. The van der Waals surface area contributed by atoms with Crippen molar-refractivity contribution in [3.05, 3.63) is 58.3 Å². The van der Waals surface area contributed by atoms with Gasteiger partial charge in [0.1, 0.15) is 6.61 Å². The number of nitrogens with one attached hydrogen (secondary N) is 1. The lowest BCUT2D eigenvalue weighted by Gasteiger charge is -2.33. The quantitative estimate of drug-likeness (QED) is 0.911. The molecule has 1 saturated heterocycles. The van der Waals surface area contributed by atoms with Crippen molar-refractivity contribution in [2.45, 2.75) is 12.6 Å². The normalized spacial score (nSPS) is 18.0. The average molecular weight is 330 g/mol. The number of rotatable bonds is 5. The van der Waals surface area contributed by atoms with E-state index in [-0.39, 0.29) is 24.5 Å². The van der Waals surface area contributed by atoms with E-state index in [0.717, 1.165) is 5.56 Å². The SMILES string of the molecule is O=C(NCC1CN(Cc2ccccc2)C(=O)CO1)c1ccsc1. The number of ether oxygens (including phenoxy) is 1. The molecule has 23 heavy (non-hydrogen) atoms. The molecule has 1 fully saturated rings. The van der Waals surface area contributed by atoms with E-state index in [1.165, 1.54) is 11.3 Å². The highest BCUT2D eigenvalue weighted by molar-refractivity contribution is 7.08. The second-order valence-electron chi connectivity index (χ2n) is 5.41. The molecule has 5 nitrogen and oxygen atoms in total. The van der Waals surface area contributed by atoms with Crippen molar-refractivity contribution in [1.82, 2.24) is 10.2 Å². The Labute approximate surface area is 138 Å². The largest absolute Gasteiger partial charge is 0.365 e. The van der Waals surface area contributed by atoms with Crippen molar-refractivity contribution in [3.63, 3.8) is 0 Å². The molecule has 1 atom stereocenters. The zero-order valence-corrected chi connectivity index (χ0v) is 13.4. The van der Waals surface area contributed by atoms with Crippen LogP contribution in [0.4, 0.5) is 0 Å². The Morgan fingerprint density at radius 1 is 1.30 bits per heavy atom. The number of nitrogens with zero attached hydrogens (tertiary/aromatic N) is 1. The molecule has 1 N–H and O–H groups in total. The molecule has 2 aromatic rings. The molecule has 2 amide bonds. The van der Waals surface area contributed by atoms with Crippen LogP contribution in [0.15, 0.2) is 47.2 Å². The van der Waals surface area contributed by atoms with Gasteiger partial charge in [-0.1, -0.05) is 30.3 Å². The minimum absolute atomic E-state index is 0.0192. The van der Waals surface area contributed by atoms with E-state index in [9.17, 15) is 9.59 Å². The van der Waals surface area contributed by atoms with Crippen LogP contribution in [0.5, 0.6) is 0 Å². The van der Waals surface area contributed by atoms with Crippen LogP contribution in [-0.4, -0.2) is 42.5 Å². The van der Waals surface area contributed by atoms with Crippen molar-refractivity contribution < 1.29 is 14.3 Å². The first-order chi connectivity index (χ1) is 11.2. The summed E-state index contributed by atoms with van der Waals surface area (Å²) in [4.78, 5) is 25.7. The van der Waals surface area contributed by atoms with E-state index < -0.39 is 0 Å². The molecule has 2 heterocycles. The molecule has 0 saturated carbocycles. The van der Waals surface area contributed by atoms with E-state index in [1.807, 2.05) is 41.1 Å². The van der Waals surface area contributed by atoms with Gasteiger partial charge < -0.3 is 15.0 Å². The Morgan fingerprint density at radius 2 is 2.13 bits per heavy atom. The molecule has 120 valence electrons. The second-order valence-corrected chi connectivity index (χ2v) is 6.19. The number of thiophene rings is 1. The fourth-order valence-electron chi connectivity index (χ4n) is 2.46. The van der Waals surface area contributed by atoms with Crippen LogP contribution in [0.25, 0.3) is 0 Å². The maximum atomic E-state index is 12.0. The van der Waals surface area contributed by atoms with Gasteiger partial charge in [-0.15, -0.1) is 0 Å². The van der Waals surface area contributed by atoms with Gasteiger partial charge in [0.2, 0.25) is 5.91 Å². The van der Waals surface area contributed by atoms with Crippen LogP contribution < -0.4 is 5.32 Å². The topological polar surface area (TPSA) is 58.6 Å². The molecule has 3 rings (SSSR count). The van der Waals surface area contributed by atoms with Gasteiger partial charge in [0.15, 0.2) is 0 Å². The summed E-state index contributed by atoms with van der Waals surface area (Å²) in [7, 11) is 0. The molecule has 0 radical (unpaired) electrons. The molecular formula is C17H18N2O3S. The van der Waals surface area contributed by atoms with Crippen LogP contribution in [0, 0.1) is 0 Å². The van der Waals surface area contributed by atoms with Crippen LogP contribution in [0.2, 0.25) is 0 Å². The number of hydrogen-bond donors (Lipinski definition) is 1. The molecule has 1 aliphatic heterocycles. The fraction of sp³-hybridized carbons (Fsp3) is 0.294. The minimum atomic E-state index is -0.181. The highest BCUT2D eigenvalue weighted by atomic mass is 32.1. The van der Waals surface area contributed by atoms with Crippen molar-refractivity contribution in [2.24, 2.45) is 0 Å². The minimum Gasteiger partial charge on any atom is -0.365 e. The molecule has 0 aliphatic carbocycles. The molecular weight excluding hydrogens is 312 g/mol. The maximum absolute atomic E-state index is 12.0. The summed E-state index contributed by atoms with van der Waals surface area (Å²) in [5, 5.41) is 6.53. The molecule has 6 heteroatoms. The van der Waals surface area contributed by atoms with Gasteiger partial charge in [-0.25, -0.2) is 0 Å². The standard InChI is InChI=1S/C17H18N2O3S/c20-16-11-22-15(8-18-17(21)14-6-7-23-12-14)10-19(16)9-13-4-2-1-3-5-13/h1-7,12,15H,8-11H2,(H,18,21). The predicted octanol–water partition coefficient (Wildman–Crippen LogP) is 1.91. The second kappa shape index (κ2) is 7.39. The Bertz CT molecular complexity index is 658. The lowest BCUT2D eigenvalue weighted by molar-refractivity contribution is -0.149. The summed E-state index contributed by atoms with van der Waals surface area (Å²) in [6.45, 7) is 1.51. The zero-order chi connectivity index (χ0) is 16.1. The Hall–Kier alpha value is -2.18. The number of carbonyl (C=O) groups excluding carboxylic acids is 2. The molecule has 1 unspecified atom stereocenters. The average Bonchev–Trinajstić information content (AvgIpc) is 3.11. The monoisotopic (exact) mass is 330 g/mol. The highest BCUT2D eigenvalue weighted by Gasteiger charge is 2.26. The number of carbonyl (C=O) groups is 2. The highest BCUT2D eigenvalue weighted by Crippen LogP contribution is 2.12. The Morgan fingerprint density at radius 3 is 2.87 bits per heavy atom. The number of morpholine rings is 1. The van der Waals surface area contributed by atoms with Crippen LogP contribution in [-0.2, 0) is 16.1 Å². The Balaban J connectivity index is 1.53. The van der Waals surface area contributed by atoms with E-state index >= 15 is 0 Å². The van der Waals surface area contributed by atoms with Gasteiger partial charge >= 0.3 is 0 Å². The maximum Gasteiger partial charge on any atom is 0.252 e. The molecule has 1 aromatic carbocycles. The smallest absolute Gasteiger partial charge is 0.252 e. The van der Waals surface area contributed by atoms with Gasteiger partial charge in [-0.3, -0.25) is 9.59 Å². The summed E-state index contributed by atoms with van der Waals surface area (Å²) in [5.74, 6) is -0.129. The van der Waals surface area contributed by atoms with Gasteiger partial charge in [0.05, 0.1) is 6.10 Å². The molecule has 1 aromatic heterocycles. The third-order valence-electron chi connectivity index (χ3n) is 3.71. The summed E-state index contributed by atoms with van der Waals surface area (Å²) in [6, 6.07) is 11.6. The van der Waals surface area contributed by atoms with E-state index in [1.54, 1.807) is 11.0 Å². The lowest BCUT2D eigenvalue weighted by Crippen LogP contribution is -2.50. The first-order valence-corrected chi connectivity index (χ1v) is 8.40. The summed E-state index contributed by atoms with van der Waals surface area (Å²) in [6.07, 6.45) is -0.181. The summed E-state index contributed by atoms with van der Waals surface area (Å²) >= 11 is 1.49. The van der Waals surface area contributed by atoms with Crippen LogP contribution >= 0.6 is 11.3 Å². The molecule has 1 aliphatic rings. The van der Waals surface area contributed by atoms with Crippen molar-refractivity contribution in [3.8, 4) is 0 Å². The molecule has 0 spiro atoms. The van der Waals surface area contributed by atoms with Gasteiger partial charge in [0, 0.05) is 30.6 Å². The first-order valence-electron chi connectivity index (χ1n) is 7.46. The van der Waals surface area contributed by atoms with Crippen molar-refractivity contribution in [2.75, 3.05) is 19.7 Å². The van der Waals surface area contributed by atoms with Crippen LogP contribution in [0.3, 0.4) is 0 Å². The fourth-order valence-corrected chi connectivity index (χ4v) is 3.10. The zero-order valence-electron chi connectivity index (χ0n) is 12.6. The molecule has 0 bridgehead atoms. The van der Waals surface area contributed by atoms with Crippen LogP contribution in [0.1, 0.15) is 15.9 Å². The van der Waals surface area contributed by atoms with E-state index in [0.29, 0.717) is 25.2 Å². The third-order valence-corrected chi connectivity index (χ3v) is 4.39. The first kappa shape index (κ1) is 15.7. The van der Waals surface area contributed by atoms with Gasteiger partial charge in [-0.2, -0.15) is 11.3 Å². The Kier molecular flexibility index (Phi) is 5.05. The third kappa shape index (κ3) is 4.18. The van der Waals surface area contributed by atoms with Gasteiger partial charge in [0.25, 0.3) is 5.91 Å². The number of hydrogen-bond acceptors (Lipinski definition) is 4. The summed E-state index contributed by atoms with van der Waals surface area (Å²) < 4.78 is 5.52. The predicted molar refractivity (Wildman–Crippen MR) is 88.3 cm³/mol. The number of benzene rings is 1. The van der Waals surface area contributed by atoms with E-state index in [2.05, 4.69) is 5.32 Å². The van der Waals surface area contributed by atoms with E-state index in [4.69, 9.17) is 4.74 Å². The van der Waals surface area contributed by atoms with Crippen molar-refractivity contribution in [1.29, 1.82) is 0 Å². The lowest BCUT2D eigenvalue weighted by atomic mass is 10.2.